The van der Waals surface area contributed by atoms with Gasteiger partial charge >= 0.3 is 6.16 Å². The quantitative estimate of drug-likeness (QED) is 0.467. The molecule has 0 unspecified atom stereocenters. The lowest BCUT2D eigenvalue weighted by molar-refractivity contribution is 0.111. The summed E-state index contributed by atoms with van der Waals surface area (Å²) < 4.78 is 9.57. The Morgan fingerprint density at radius 2 is 2.27 bits per heavy atom. The molecular formula is C10H10O5. The summed E-state index contributed by atoms with van der Waals surface area (Å²) in [6.45, 7) is 2.25. The topological polar surface area (TPSA) is 72.8 Å². The fraction of sp³-hybridized carbons (Fsp3) is 0.200. The van der Waals surface area contributed by atoms with Crippen molar-refractivity contribution in [1.29, 1.82) is 0 Å². The first kappa shape index (κ1) is 11.0. The SMILES string of the molecule is CCOc1ccc(C=O)c(OC(=O)O)c1. The van der Waals surface area contributed by atoms with Gasteiger partial charge in [-0.15, -0.1) is 0 Å². The van der Waals surface area contributed by atoms with E-state index in [-0.39, 0.29) is 11.3 Å². The lowest BCUT2D eigenvalue weighted by Crippen LogP contribution is -2.05. The van der Waals surface area contributed by atoms with E-state index < -0.39 is 6.16 Å². The molecule has 0 fully saturated rings. The van der Waals surface area contributed by atoms with E-state index in [2.05, 4.69) is 4.74 Å². The second-order valence-electron chi connectivity index (χ2n) is 2.62. The van der Waals surface area contributed by atoms with Gasteiger partial charge in [0.05, 0.1) is 12.2 Å². The highest BCUT2D eigenvalue weighted by Gasteiger charge is 2.08. The number of rotatable bonds is 4. The van der Waals surface area contributed by atoms with E-state index in [1.165, 1.54) is 12.1 Å². The number of carboxylic acid groups (broad SMARTS) is 1. The molecule has 0 aromatic heterocycles. The Bertz CT molecular complexity index is 372. The lowest BCUT2D eigenvalue weighted by Gasteiger charge is -2.06. The zero-order valence-corrected chi connectivity index (χ0v) is 8.10. The molecule has 15 heavy (non-hydrogen) atoms. The minimum Gasteiger partial charge on any atom is -0.494 e. The van der Waals surface area contributed by atoms with Gasteiger partial charge in [0.25, 0.3) is 0 Å². The molecule has 0 bridgehead atoms. The van der Waals surface area contributed by atoms with Crippen molar-refractivity contribution in [1.82, 2.24) is 0 Å². The van der Waals surface area contributed by atoms with Crippen molar-refractivity contribution in [2.24, 2.45) is 0 Å². The Balaban J connectivity index is 3.01. The molecule has 80 valence electrons. The predicted molar refractivity (Wildman–Crippen MR) is 51.7 cm³/mol. The molecule has 5 nitrogen and oxygen atoms in total. The fourth-order valence-corrected chi connectivity index (χ4v) is 1.05. The van der Waals surface area contributed by atoms with Gasteiger partial charge in [0.2, 0.25) is 0 Å². The molecule has 0 aliphatic carbocycles. The van der Waals surface area contributed by atoms with Gasteiger partial charge in [0.15, 0.2) is 6.29 Å². The van der Waals surface area contributed by atoms with Crippen LogP contribution in [0.15, 0.2) is 18.2 Å². The van der Waals surface area contributed by atoms with Crippen LogP contribution in [0.4, 0.5) is 4.79 Å². The van der Waals surface area contributed by atoms with Gasteiger partial charge in [-0.2, -0.15) is 0 Å². The third-order valence-corrected chi connectivity index (χ3v) is 1.62. The Labute approximate surface area is 86.2 Å². The van der Waals surface area contributed by atoms with Crippen LogP contribution in [0.1, 0.15) is 17.3 Å². The van der Waals surface area contributed by atoms with Gasteiger partial charge in [-0.3, -0.25) is 4.79 Å². The van der Waals surface area contributed by atoms with Crippen molar-refractivity contribution < 1.29 is 24.2 Å². The molecule has 0 heterocycles. The summed E-state index contributed by atoms with van der Waals surface area (Å²) in [5.41, 5.74) is 0.167. The van der Waals surface area contributed by atoms with Gasteiger partial charge in [0, 0.05) is 6.07 Å². The predicted octanol–water partition coefficient (Wildman–Crippen LogP) is 1.95. The number of hydrogen-bond donors (Lipinski definition) is 1. The maximum atomic E-state index is 10.6. The minimum absolute atomic E-state index is 0.0246. The van der Waals surface area contributed by atoms with E-state index in [0.717, 1.165) is 0 Å². The highest BCUT2D eigenvalue weighted by atomic mass is 16.7. The summed E-state index contributed by atoms with van der Waals surface area (Å²) in [6, 6.07) is 4.37. The zero-order valence-electron chi connectivity index (χ0n) is 8.10. The summed E-state index contributed by atoms with van der Waals surface area (Å²) in [7, 11) is 0. The van der Waals surface area contributed by atoms with Gasteiger partial charge in [-0.25, -0.2) is 4.79 Å². The van der Waals surface area contributed by atoms with Crippen molar-refractivity contribution in [3.8, 4) is 11.5 Å². The van der Waals surface area contributed by atoms with E-state index in [4.69, 9.17) is 9.84 Å². The fourth-order valence-electron chi connectivity index (χ4n) is 1.05. The van der Waals surface area contributed by atoms with Crippen LogP contribution >= 0.6 is 0 Å². The average molecular weight is 210 g/mol. The third kappa shape index (κ3) is 2.98. The van der Waals surface area contributed by atoms with E-state index in [1.54, 1.807) is 13.0 Å². The van der Waals surface area contributed by atoms with Crippen LogP contribution in [0.2, 0.25) is 0 Å². The smallest absolute Gasteiger partial charge is 0.494 e. The van der Waals surface area contributed by atoms with Crippen LogP contribution < -0.4 is 9.47 Å². The van der Waals surface area contributed by atoms with Gasteiger partial charge in [-0.05, 0) is 19.1 Å². The molecule has 0 aliphatic heterocycles. The van der Waals surface area contributed by atoms with Crippen LogP contribution in [0, 0.1) is 0 Å². The molecule has 1 aromatic carbocycles. The van der Waals surface area contributed by atoms with Gasteiger partial charge in [-0.1, -0.05) is 0 Å². The second kappa shape index (κ2) is 4.99. The maximum Gasteiger partial charge on any atom is 0.511 e. The van der Waals surface area contributed by atoms with Crippen molar-refractivity contribution in [3.63, 3.8) is 0 Å². The third-order valence-electron chi connectivity index (χ3n) is 1.62. The molecule has 0 atom stereocenters. The first-order valence-corrected chi connectivity index (χ1v) is 4.30. The summed E-state index contributed by atoms with van der Waals surface area (Å²) in [5.74, 6) is 0.433. The number of hydrogen-bond acceptors (Lipinski definition) is 4. The van der Waals surface area contributed by atoms with E-state index in [9.17, 15) is 9.59 Å². The Hall–Kier alpha value is -2.04. The van der Waals surface area contributed by atoms with Crippen LogP contribution in [0.25, 0.3) is 0 Å². The minimum atomic E-state index is -1.47. The number of aldehydes is 1. The zero-order chi connectivity index (χ0) is 11.3. The highest BCUT2D eigenvalue weighted by molar-refractivity contribution is 5.81. The van der Waals surface area contributed by atoms with Crippen molar-refractivity contribution in [3.05, 3.63) is 23.8 Å². The van der Waals surface area contributed by atoms with Crippen molar-refractivity contribution in [2.45, 2.75) is 6.92 Å². The number of carbonyl (C=O) groups is 2. The Morgan fingerprint density at radius 3 is 2.80 bits per heavy atom. The first-order valence-electron chi connectivity index (χ1n) is 4.30. The molecule has 0 spiro atoms. The molecule has 0 radical (unpaired) electrons. The standard InChI is InChI=1S/C10H10O5/c1-2-14-8-4-3-7(6-11)9(5-8)15-10(12)13/h3-6H,2H2,1H3,(H,12,13). The molecule has 0 aliphatic rings. The Kier molecular flexibility index (Phi) is 3.68. The molecule has 0 saturated carbocycles. The van der Waals surface area contributed by atoms with Crippen LogP contribution in [-0.4, -0.2) is 24.2 Å². The summed E-state index contributed by atoms with van der Waals surface area (Å²) in [6.07, 6.45) is -0.944. The van der Waals surface area contributed by atoms with Crippen molar-refractivity contribution >= 4 is 12.4 Å². The van der Waals surface area contributed by atoms with Crippen molar-refractivity contribution in [2.75, 3.05) is 6.61 Å². The maximum absolute atomic E-state index is 10.6. The number of benzene rings is 1. The van der Waals surface area contributed by atoms with E-state index in [1.807, 2.05) is 0 Å². The average Bonchev–Trinajstić information content (AvgIpc) is 2.18. The molecule has 1 rings (SSSR count). The lowest BCUT2D eigenvalue weighted by atomic mass is 10.2. The molecule has 0 amide bonds. The molecule has 1 aromatic rings. The normalized spacial score (nSPS) is 9.40. The molecule has 1 N–H and O–H groups in total. The van der Waals surface area contributed by atoms with Crippen LogP contribution in [0.5, 0.6) is 11.5 Å². The Morgan fingerprint density at radius 1 is 1.53 bits per heavy atom. The van der Waals surface area contributed by atoms with Crippen LogP contribution in [-0.2, 0) is 0 Å². The monoisotopic (exact) mass is 210 g/mol. The summed E-state index contributed by atoms with van der Waals surface area (Å²) >= 11 is 0. The van der Waals surface area contributed by atoms with Gasteiger partial charge in [0.1, 0.15) is 11.5 Å². The van der Waals surface area contributed by atoms with E-state index >= 15 is 0 Å². The summed E-state index contributed by atoms with van der Waals surface area (Å²) in [4.78, 5) is 20.9. The highest BCUT2D eigenvalue weighted by Crippen LogP contribution is 2.23. The number of ether oxygens (including phenoxy) is 2. The molecule has 5 heteroatoms. The summed E-state index contributed by atoms with van der Waals surface area (Å²) in [5, 5.41) is 8.43. The largest absolute Gasteiger partial charge is 0.511 e. The number of carbonyl (C=O) groups excluding carboxylic acids is 1. The second-order valence-corrected chi connectivity index (χ2v) is 2.62. The van der Waals surface area contributed by atoms with E-state index in [0.29, 0.717) is 18.6 Å². The first-order chi connectivity index (χ1) is 7.17. The van der Waals surface area contributed by atoms with Gasteiger partial charge < -0.3 is 14.6 Å². The molecular weight excluding hydrogens is 200 g/mol. The molecule has 0 saturated heterocycles. The van der Waals surface area contributed by atoms with Crippen LogP contribution in [0.3, 0.4) is 0 Å².